The van der Waals surface area contributed by atoms with Crippen molar-refractivity contribution in [3.8, 4) is 0 Å². The topological polar surface area (TPSA) is 62.4 Å². The fourth-order valence-corrected chi connectivity index (χ4v) is 1.85. The summed E-state index contributed by atoms with van der Waals surface area (Å²) in [4.78, 5) is 6.10. The predicted octanol–water partition coefficient (Wildman–Crippen LogP) is 0.272. The van der Waals surface area contributed by atoms with Crippen molar-refractivity contribution in [3.63, 3.8) is 0 Å². The van der Waals surface area contributed by atoms with Crippen LogP contribution in [0.3, 0.4) is 0 Å². The molecule has 14 heavy (non-hydrogen) atoms. The molecule has 0 spiro atoms. The van der Waals surface area contributed by atoms with Gasteiger partial charge in [-0.2, -0.15) is 4.98 Å². The van der Waals surface area contributed by atoms with Gasteiger partial charge in [-0.3, -0.25) is 4.90 Å². The molecule has 5 heteroatoms. The normalized spacial score (nSPS) is 26.5. The molecule has 0 amide bonds. The lowest BCUT2D eigenvalue weighted by molar-refractivity contribution is 0.0261. The van der Waals surface area contributed by atoms with Crippen molar-refractivity contribution in [1.82, 2.24) is 15.0 Å². The molecule has 0 unspecified atom stereocenters. The monoisotopic (exact) mass is 197 g/mol. The molecule has 1 heterocycles. The van der Waals surface area contributed by atoms with Crippen LogP contribution in [-0.4, -0.2) is 39.8 Å². The highest BCUT2D eigenvalue weighted by Crippen LogP contribution is 2.27. The summed E-state index contributed by atoms with van der Waals surface area (Å²) >= 11 is 0. The van der Waals surface area contributed by atoms with Crippen molar-refractivity contribution in [1.29, 1.82) is 0 Å². The highest BCUT2D eigenvalue weighted by Gasteiger charge is 2.28. The summed E-state index contributed by atoms with van der Waals surface area (Å²) in [6.07, 6.45) is 3.19. The number of rotatable bonds is 4. The third-order valence-electron chi connectivity index (χ3n) is 2.59. The Morgan fingerprint density at radius 1 is 1.64 bits per heavy atom. The first-order valence-corrected chi connectivity index (χ1v) is 4.86. The van der Waals surface area contributed by atoms with Crippen LogP contribution < -0.4 is 0 Å². The molecule has 5 nitrogen and oxygen atoms in total. The number of nitrogens with zero attached hydrogens (tertiary/aromatic N) is 3. The van der Waals surface area contributed by atoms with Gasteiger partial charge in [0.25, 0.3) is 0 Å². The lowest BCUT2D eigenvalue weighted by atomic mass is 9.82. The van der Waals surface area contributed by atoms with Crippen molar-refractivity contribution >= 4 is 0 Å². The molecule has 1 aromatic rings. The van der Waals surface area contributed by atoms with E-state index >= 15 is 0 Å². The Morgan fingerprint density at radius 2 is 2.43 bits per heavy atom. The summed E-state index contributed by atoms with van der Waals surface area (Å²) in [6, 6.07) is 0. The minimum Gasteiger partial charge on any atom is -0.393 e. The van der Waals surface area contributed by atoms with E-state index in [1.807, 2.05) is 7.05 Å². The number of aliphatic hydroxyl groups is 1. The fourth-order valence-electron chi connectivity index (χ4n) is 1.85. The van der Waals surface area contributed by atoms with E-state index in [0.29, 0.717) is 18.4 Å². The van der Waals surface area contributed by atoms with Crippen LogP contribution in [0.1, 0.15) is 18.7 Å². The van der Waals surface area contributed by atoms with E-state index in [1.165, 1.54) is 6.33 Å². The quantitative estimate of drug-likeness (QED) is 0.750. The molecule has 1 fully saturated rings. The van der Waals surface area contributed by atoms with Crippen LogP contribution in [0.2, 0.25) is 0 Å². The summed E-state index contributed by atoms with van der Waals surface area (Å²) < 4.78 is 4.91. The van der Waals surface area contributed by atoms with Crippen molar-refractivity contribution < 1.29 is 9.63 Å². The summed E-state index contributed by atoms with van der Waals surface area (Å²) in [5.41, 5.74) is 0. The summed E-state index contributed by atoms with van der Waals surface area (Å²) in [5, 5.41) is 12.7. The summed E-state index contributed by atoms with van der Waals surface area (Å²) in [6.45, 7) is 1.67. The average molecular weight is 197 g/mol. The standard InChI is InChI=1S/C9H15N3O2/c1-12(4-7-2-8(13)3-7)5-9-10-6-11-14-9/h6-8,13H,2-5H2,1H3. The van der Waals surface area contributed by atoms with Gasteiger partial charge in [0.05, 0.1) is 12.6 Å². The highest BCUT2D eigenvalue weighted by atomic mass is 16.5. The molecule has 0 radical (unpaired) electrons. The van der Waals surface area contributed by atoms with Crippen LogP contribution in [0.15, 0.2) is 10.9 Å². The van der Waals surface area contributed by atoms with Gasteiger partial charge in [0, 0.05) is 6.54 Å². The molecule has 0 atom stereocenters. The summed E-state index contributed by atoms with van der Waals surface area (Å²) in [7, 11) is 2.02. The molecule has 0 saturated heterocycles. The minimum atomic E-state index is -0.0724. The Kier molecular flexibility index (Phi) is 2.79. The number of aliphatic hydroxyl groups excluding tert-OH is 1. The van der Waals surface area contributed by atoms with Crippen molar-refractivity contribution in [2.75, 3.05) is 13.6 Å². The van der Waals surface area contributed by atoms with Gasteiger partial charge in [0.15, 0.2) is 6.33 Å². The molecule has 0 aliphatic heterocycles. The van der Waals surface area contributed by atoms with Gasteiger partial charge in [-0.05, 0) is 25.8 Å². The Bertz CT molecular complexity index is 270. The molecule has 78 valence electrons. The maximum atomic E-state index is 9.13. The van der Waals surface area contributed by atoms with Gasteiger partial charge >= 0.3 is 0 Å². The highest BCUT2D eigenvalue weighted by molar-refractivity contribution is 4.82. The van der Waals surface area contributed by atoms with Crippen molar-refractivity contribution in [3.05, 3.63) is 12.2 Å². The van der Waals surface area contributed by atoms with Crippen LogP contribution in [0.5, 0.6) is 0 Å². The number of aromatic nitrogens is 2. The maximum absolute atomic E-state index is 9.13. The van der Waals surface area contributed by atoms with Crippen LogP contribution in [0.4, 0.5) is 0 Å². The first-order chi connectivity index (χ1) is 6.74. The molecule has 1 N–H and O–H groups in total. The molecular weight excluding hydrogens is 182 g/mol. The van der Waals surface area contributed by atoms with E-state index in [4.69, 9.17) is 9.63 Å². The summed E-state index contributed by atoms with van der Waals surface area (Å²) in [5.74, 6) is 1.27. The second kappa shape index (κ2) is 4.06. The Balaban J connectivity index is 1.71. The van der Waals surface area contributed by atoms with Gasteiger partial charge in [-0.1, -0.05) is 5.16 Å². The molecule has 2 rings (SSSR count). The SMILES string of the molecule is CN(Cc1ncno1)CC1CC(O)C1. The molecule has 1 aromatic heterocycles. The zero-order valence-electron chi connectivity index (χ0n) is 8.26. The third-order valence-corrected chi connectivity index (χ3v) is 2.59. The van der Waals surface area contributed by atoms with E-state index in [2.05, 4.69) is 15.0 Å². The zero-order chi connectivity index (χ0) is 9.97. The van der Waals surface area contributed by atoms with Gasteiger partial charge in [-0.25, -0.2) is 0 Å². The lowest BCUT2D eigenvalue weighted by Crippen LogP contribution is -2.36. The van der Waals surface area contributed by atoms with Crippen molar-refractivity contribution in [2.45, 2.75) is 25.5 Å². The molecule has 1 aliphatic carbocycles. The van der Waals surface area contributed by atoms with E-state index < -0.39 is 0 Å². The first-order valence-electron chi connectivity index (χ1n) is 4.86. The second-order valence-corrected chi connectivity index (χ2v) is 4.02. The Hall–Kier alpha value is -0.940. The smallest absolute Gasteiger partial charge is 0.240 e. The predicted molar refractivity (Wildman–Crippen MR) is 49.4 cm³/mol. The Labute approximate surface area is 82.7 Å². The average Bonchev–Trinajstić information content (AvgIpc) is 2.54. The van der Waals surface area contributed by atoms with Crippen LogP contribution in [0, 0.1) is 5.92 Å². The number of hydrogen-bond acceptors (Lipinski definition) is 5. The zero-order valence-corrected chi connectivity index (χ0v) is 8.26. The third kappa shape index (κ3) is 2.30. The fraction of sp³-hybridized carbons (Fsp3) is 0.778. The largest absolute Gasteiger partial charge is 0.393 e. The van der Waals surface area contributed by atoms with Crippen LogP contribution in [0.25, 0.3) is 0 Å². The number of hydrogen-bond donors (Lipinski definition) is 1. The van der Waals surface area contributed by atoms with Crippen molar-refractivity contribution in [2.24, 2.45) is 5.92 Å². The Morgan fingerprint density at radius 3 is 3.00 bits per heavy atom. The van der Waals surface area contributed by atoms with Crippen LogP contribution in [-0.2, 0) is 6.54 Å². The second-order valence-electron chi connectivity index (χ2n) is 4.02. The molecule has 0 bridgehead atoms. The van der Waals surface area contributed by atoms with E-state index in [-0.39, 0.29) is 6.10 Å². The molecule has 1 saturated carbocycles. The minimum absolute atomic E-state index is 0.0724. The lowest BCUT2D eigenvalue weighted by Gasteiger charge is -2.34. The van der Waals surface area contributed by atoms with Gasteiger partial charge < -0.3 is 9.63 Å². The van der Waals surface area contributed by atoms with E-state index in [0.717, 1.165) is 19.4 Å². The molecular formula is C9H15N3O2. The van der Waals surface area contributed by atoms with Gasteiger partial charge in [0.2, 0.25) is 5.89 Å². The van der Waals surface area contributed by atoms with E-state index in [9.17, 15) is 0 Å². The first kappa shape index (κ1) is 9.61. The van der Waals surface area contributed by atoms with Gasteiger partial charge in [-0.15, -0.1) is 0 Å². The molecule has 1 aliphatic rings. The van der Waals surface area contributed by atoms with E-state index in [1.54, 1.807) is 0 Å². The van der Waals surface area contributed by atoms with Gasteiger partial charge in [0.1, 0.15) is 0 Å². The molecule has 0 aromatic carbocycles. The van der Waals surface area contributed by atoms with Crippen LogP contribution >= 0.6 is 0 Å². The maximum Gasteiger partial charge on any atom is 0.240 e.